The zero-order chi connectivity index (χ0) is 13.0. The van der Waals surface area contributed by atoms with Crippen LogP contribution in [-0.2, 0) is 9.53 Å². The van der Waals surface area contributed by atoms with Crippen LogP contribution in [0.1, 0.15) is 39.0 Å². The fraction of sp³-hybridized carbons (Fsp3) is 0.438. The molecule has 0 fully saturated rings. The summed E-state index contributed by atoms with van der Waals surface area (Å²) in [7, 11) is 0. The predicted octanol–water partition coefficient (Wildman–Crippen LogP) is 4.07. The van der Waals surface area contributed by atoms with Gasteiger partial charge in [-0.15, -0.1) is 0 Å². The molecule has 0 N–H and O–H groups in total. The van der Waals surface area contributed by atoms with Crippen LogP contribution < -0.4 is 0 Å². The van der Waals surface area contributed by atoms with Crippen molar-refractivity contribution in [2.75, 3.05) is 0 Å². The number of hydrogen-bond donors (Lipinski definition) is 0. The van der Waals surface area contributed by atoms with Gasteiger partial charge in [-0.1, -0.05) is 37.3 Å². The predicted molar refractivity (Wildman–Crippen MR) is 72.8 cm³/mol. The van der Waals surface area contributed by atoms with E-state index in [2.05, 4.69) is 24.8 Å². The maximum absolute atomic E-state index is 11.7. The summed E-state index contributed by atoms with van der Waals surface area (Å²) < 4.78 is 5.52. The Labute approximate surface area is 109 Å². The van der Waals surface area contributed by atoms with Crippen molar-refractivity contribution in [2.45, 2.75) is 39.0 Å². The van der Waals surface area contributed by atoms with Gasteiger partial charge in [-0.25, -0.2) is 4.79 Å². The molecular weight excluding hydrogens is 224 g/mol. The van der Waals surface area contributed by atoms with Crippen LogP contribution in [0.25, 0.3) is 0 Å². The highest BCUT2D eigenvalue weighted by Crippen LogP contribution is 2.43. The summed E-state index contributed by atoms with van der Waals surface area (Å²) in [6.45, 7) is 5.31. The van der Waals surface area contributed by atoms with Crippen molar-refractivity contribution < 1.29 is 9.53 Å². The van der Waals surface area contributed by atoms with Gasteiger partial charge in [0.1, 0.15) is 5.76 Å². The summed E-state index contributed by atoms with van der Waals surface area (Å²) in [5.41, 5.74) is 0.328. The summed E-state index contributed by atoms with van der Waals surface area (Å²) in [6, 6.07) is 0. The lowest BCUT2D eigenvalue weighted by Crippen LogP contribution is -2.25. The molecule has 0 aromatic carbocycles. The van der Waals surface area contributed by atoms with Gasteiger partial charge >= 0.3 is 5.97 Å². The molecule has 1 atom stereocenters. The number of ether oxygens (including phenoxy) is 1. The molecule has 0 amide bonds. The van der Waals surface area contributed by atoms with Crippen LogP contribution in [0.15, 0.2) is 48.3 Å². The van der Waals surface area contributed by atoms with E-state index in [1.165, 1.54) is 12.8 Å². The summed E-state index contributed by atoms with van der Waals surface area (Å²) in [4.78, 5) is 11.7. The molecule has 1 spiro atoms. The zero-order valence-electron chi connectivity index (χ0n) is 10.9. The molecule has 0 saturated carbocycles. The van der Waals surface area contributed by atoms with E-state index in [9.17, 15) is 4.79 Å². The van der Waals surface area contributed by atoms with Gasteiger partial charge in [0.2, 0.25) is 0 Å². The van der Waals surface area contributed by atoms with Gasteiger partial charge in [-0.3, -0.25) is 0 Å². The highest BCUT2D eigenvalue weighted by atomic mass is 16.5. The molecule has 0 aromatic heterocycles. The molecule has 2 nitrogen and oxygen atoms in total. The van der Waals surface area contributed by atoms with E-state index >= 15 is 0 Å². The van der Waals surface area contributed by atoms with Crippen LogP contribution in [-0.4, -0.2) is 5.97 Å². The SMILES string of the molecule is C=C(C)C(=O)OC1=CC=CCC12C=CCCCC2. The first kappa shape index (κ1) is 12.9. The topological polar surface area (TPSA) is 26.3 Å². The largest absolute Gasteiger partial charge is 0.427 e. The van der Waals surface area contributed by atoms with Gasteiger partial charge in [-0.05, 0) is 38.7 Å². The summed E-state index contributed by atoms with van der Waals surface area (Å²) in [5, 5.41) is 0. The van der Waals surface area contributed by atoms with Crippen molar-refractivity contribution in [1.82, 2.24) is 0 Å². The number of carbonyl (C=O) groups excluding carboxylic acids is 1. The second kappa shape index (κ2) is 5.38. The minimum absolute atomic E-state index is 0.115. The third-order valence-electron chi connectivity index (χ3n) is 3.59. The van der Waals surface area contributed by atoms with E-state index in [1.54, 1.807) is 6.92 Å². The van der Waals surface area contributed by atoms with E-state index in [0.29, 0.717) is 5.57 Å². The van der Waals surface area contributed by atoms with E-state index in [0.717, 1.165) is 25.0 Å². The lowest BCUT2D eigenvalue weighted by molar-refractivity contribution is -0.136. The Morgan fingerprint density at radius 2 is 2.22 bits per heavy atom. The molecule has 2 aliphatic carbocycles. The standard InChI is InChI=1S/C16H20O2/c1-13(2)15(17)18-14-9-5-8-12-16(14)10-6-3-4-7-11-16/h5-6,8-10H,1,3-4,7,11-12H2,2H3. The van der Waals surface area contributed by atoms with E-state index in [1.807, 2.05) is 12.2 Å². The molecule has 1 unspecified atom stereocenters. The highest BCUT2D eigenvalue weighted by molar-refractivity contribution is 5.87. The van der Waals surface area contributed by atoms with Crippen molar-refractivity contribution in [2.24, 2.45) is 5.41 Å². The molecule has 0 aromatic rings. The van der Waals surface area contributed by atoms with Gasteiger partial charge in [0, 0.05) is 11.0 Å². The Balaban J connectivity index is 2.24. The monoisotopic (exact) mass is 244 g/mol. The highest BCUT2D eigenvalue weighted by Gasteiger charge is 2.35. The van der Waals surface area contributed by atoms with Gasteiger partial charge in [0.15, 0.2) is 0 Å². The number of esters is 1. The molecule has 0 radical (unpaired) electrons. The Morgan fingerprint density at radius 3 is 3.00 bits per heavy atom. The van der Waals surface area contributed by atoms with Crippen molar-refractivity contribution in [3.63, 3.8) is 0 Å². The number of carbonyl (C=O) groups is 1. The van der Waals surface area contributed by atoms with Gasteiger partial charge in [0.25, 0.3) is 0 Å². The van der Waals surface area contributed by atoms with Crippen LogP contribution in [0.3, 0.4) is 0 Å². The quantitative estimate of drug-likeness (QED) is 0.416. The Kier molecular flexibility index (Phi) is 3.85. The number of allylic oxidation sites excluding steroid dienone is 5. The molecule has 2 heteroatoms. The molecule has 0 aliphatic heterocycles. The first-order valence-corrected chi connectivity index (χ1v) is 6.57. The molecule has 0 heterocycles. The van der Waals surface area contributed by atoms with Gasteiger partial charge < -0.3 is 4.74 Å². The van der Waals surface area contributed by atoms with E-state index in [4.69, 9.17) is 4.74 Å². The van der Waals surface area contributed by atoms with Crippen LogP contribution in [0.4, 0.5) is 0 Å². The Hall–Kier alpha value is -1.57. The Morgan fingerprint density at radius 1 is 1.39 bits per heavy atom. The first-order chi connectivity index (χ1) is 8.64. The minimum Gasteiger partial charge on any atom is -0.427 e. The van der Waals surface area contributed by atoms with Crippen molar-refractivity contribution in [1.29, 1.82) is 0 Å². The molecule has 18 heavy (non-hydrogen) atoms. The third kappa shape index (κ3) is 2.63. The summed E-state index contributed by atoms with van der Waals surface area (Å²) in [5.74, 6) is 0.449. The summed E-state index contributed by atoms with van der Waals surface area (Å²) in [6.07, 6.45) is 15.9. The Bertz CT molecular complexity index is 440. The minimum atomic E-state index is -0.325. The molecule has 0 saturated heterocycles. The second-order valence-corrected chi connectivity index (χ2v) is 5.14. The van der Waals surface area contributed by atoms with Crippen molar-refractivity contribution >= 4 is 5.97 Å². The first-order valence-electron chi connectivity index (χ1n) is 6.57. The lowest BCUT2D eigenvalue weighted by Gasteiger charge is -2.32. The number of rotatable bonds is 2. The van der Waals surface area contributed by atoms with Crippen LogP contribution in [0.2, 0.25) is 0 Å². The third-order valence-corrected chi connectivity index (χ3v) is 3.59. The van der Waals surface area contributed by atoms with Gasteiger partial charge in [0.05, 0.1) is 0 Å². The van der Waals surface area contributed by atoms with Crippen LogP contribution in [0.5, 0.6) is 0 Å². The average molecular weight is 244 g/mol. The fourth-order valence-corrected chi connectivity index (χ4v) is 2.49. The lowest BCUT2D eigenvalue weighted by atomic mass is 9.76. The fourth-order valence-electron chi connectivity index (χ4n) is 2.49. The normalized spacial score (nSPS) is 26.6. The van der Waals surface area contributed by atoms with E-state index in [-0.39, 0.29) is 11.4 Å². The van der Waals surface area contributed by atoms with Crippen LogP contribution >= 0.6 is 0 Å². The molecule has 96 valence electrons. The smallest absolute Gasteiger partial charge is 0.338 e. The molecule has 0 bridgehead atoms. The molecule has 2 aliphatic rings. The summed E-state index contributed by atoms with van der Waals surface area (Å²) >= 11 is 0. The second-order valence-electron chi connectivity index (χ2n) is 5.14. The van der Waals surface area contributed by atoms with Crippen molar-refractivity contribution in [3.05, 3.63) is 48.3 Å². The van der Waals surface area contributed by atoms with E-state index < -0.39 is 0 Å². The molecular formula is C16H20O2. The maximum atomic E-state index is 11.7. The van der Waals surface area contributed by atoms with Crippen LogP contribution in [0, 0.1) is 5.41 Å². The maximum Gasteiger partial charge on any atom is 0.338 e. The number of hydrogen-bond acceptors (Lipinski definition) is 2. The zero-order valence-corrected chi connectivity index (χ0v) is 10.9. The average Bonchev–Trinajstić information content (AvgIpc) is 2.58. The van der Waals surface area contributed by atoms with Gasteiger partial charge in [-0.2, -0.15) is 0 Å². The molecule has 2 rings (SSSR count). The van der Waals surface area contributed by atoms with Crippen molar-refractivity contribution in [3.8, 4) is 0 Å².